The predicted octanol–water partition coefficient (Wildman–Crippen LogP) is 1.99. The average molecular weight is 491 g/mol. The second-order valence-electron chi connectivity index (χ2n) is 8.97. The molecule has 3 N–H and O–H groups in total. The number of anilines is 2. The molecule has 4 amide bonds. The number of urea groups is 1. The number of β-lactam (4-membered cyclic amide) rings is 1. The van der Waals surface area contributed by atoms with Gasteiger partial charge in [0.2, 0.25) is 5.91 Å². The van der Waals surface area contributed by atoms with Crippen molar-refractivity contribution in [3.05, 3.63) is 65.9 Å². The molecule has 3 aromatic heterocycles. The number of nitrogens with zero attached hydrogens (tertiary/aromatic N) is 6. The number of aromatic nitrogens is 4. The number of aryl methyl sites for hydroxylation is 2. The molecule has 0 aromatic carbocycles. The summed E-state index contributed by atoms with van der Waals surface area (Å²) in [5, 5.41) is 7.02. The summed E-state index contributed by atoms with van der Waals surface area (Å²) in [6, 6.07) is 5.22. The minimum atomic E-state index is -0.981. The van der Waals surface area contributed by atoms with Gasteiger partial charge in [0.15, 0.2) is 0 Å². The summed E-state index contributed by atoms with van der Waals surface area (Å²) in [5.41, 5.74) is 8.81. The number of likely N-dealkylation sites (tertiary alicyclic amines) is 1. The fraction of sp³-hybridized carbons (Fsp3) is 0.360. The van der Waals surface area contributed by atoms with Gasteiger partial charge in [-0.05, 0) is 49.1 Å². The summed E-state index contributed by atoms with van der Waals surface area (Å²) in [6.45, 7) is 3.81. The lowest BCUT2D eigenvalue weighted by molar-refractivity contribution is -0.156. The van der Waals surface area contributed by atoms with Crippen LogP contribution in [0.2, 0.25) is 0 Å². The Balaban J connectivity index is 1.59. The zero-order valence-electron chi connectivity index (χ0n) is 20.8. The van der Waals surface area contributed by atoms with Crippen molar-refractivity contribution in [3.8, 4) is 0 Å². The van der Waals surface area contributed by atoms with Crippen LogP contribution >= 0.6 is 0 Å². The standard InChI is InChI=1S/C25H30N8O3/c1-5-20(17-7-6-15(2)28-12-17)30-25(36)33-22(24(35)32(4)18-13-29-31(3)14-18)19(23(33)34)10-16-8-9-27-21(26)11-16/h6-9,11-14,19-20,22H,5,10H2,1-4H3,(H2,26,27)(H,30,36)/t19-,20-,22+/m1/s1. The zero-order valence-corrected chi connectivity index (χ0v) is 20.8. The number of pyridine rings is 2. The van der Waals surface area contributed by atoms with Crippen LogP contribution < -0.4 is 16.0 Å². The molecule has 188 valence electrons. The van der Waals surface area contributed by atoms with E-state index in [0.717, 1.165) is 21.7 Å². The number of hydrogen-bond acceptors (Lipinski definition) is 7. The van der Waals surface area contributed by atoms with Crippen LogP contribution in [-0.4, -0.2) is 55.6 Å². The van der Waals surface area contributed by atoms with Crippen molar-refractivity contribution in [2.45, 2.75) is 38.8 Å². The summed E-state index contributed by atoms with van der Waals surface area (Å²) in [6.07, 6.45) is 7.35. The van der Waals surface area contributed by atoms with Crippen molar-refractivity contribution in [1.82, 2.24) is 30.0 Å². The van der Waals surface area contributed by atoms with Gasteiger partial charge < -0.3 is 16.0 Å². The van der Waals surface area contributed by atoms with Crippen LogP contribution in [0.15, 0.2) is 49.1 Å². The van der Waals surface area contributed by atoms with E-state index in [9.17, 15) is 14.4 Å². The van der Waals surface area contributed by atoms with Gasteiger partial charge in [0.25, 0.3) is 5.91 Å². The molecule has 4 rings (SSSR count). The Kier molecular flexibility index (Phi) is 7.00. The van der Waals surface area contributed by atoms with Gasteiger partial charge in [0.05, 0.1) is 23.8 Å². The summed E-state index contributed by atoms with van der Waals surface area (Å²) in [7, 11) is 3.35. The Morgan fingerprint density at radius 2 is 2.00 bits per heavy atom. The molecule has 1 aliphatic heterocycles. The third kappa shape index (κ3) is 4.90. The van der Waals surface area contributed by atoms with Crippen molar-refractivity contribution < 1.29 is 14.4 Å². The lowest BCUT2D eigenvalue weighted by atomic mass is 9.81. The minimum Gasteiger partial charge on any atom is -0.384 e. The molecule has 4 heterocycles. The number of amides is 4. The van der Waals surface area contributed by atoms with Gasteiger partial charge in [0.1, 0.15) is 11.9 Å². The van der Waals surface area contributed by atoms with Gasteiger partial charge in [-0.3, -0.25) is 24.2 Å². The van der Waals surface area contributed by atoms with Crippen molar-refractivity contribution in [3.63, 3.8) is 0 Å². The second kappa shape index (κ2) is 10.1. The molecule has 1 saturated heterocycles. The second-order valence-corrected chi connectivity index (χ2v) is 8.97. The number of rotatable bonds is 7. The highest BCUT2D eigenvalue weighted by Crippen LogP contribution is 2.33. The molecule has 1 fully saturated rings. The van der Waals surface area contributed by atoms with E-state index in [1.165, 1.54) is 4.90 Å². The Morgan fingerprint density at radius 1 is 1.22 bits per heavy atom. The maximum Gasteiger partial charge on any atom is 0.325 e. The van der Waals surface area contributed by atoms with Crippen LogP contribution in [0, 0.1) is 12.8 Å². The van der Waals surface area contributed by atoms with Crippen LogP contribution in [-0.2, 0) is 23.1 Å². The summed E-state index contributed by atoms with van der Waals surface area (Å²) in [5.74, 6) is -1.19. The number of carbonyl (C=O) groups is 3. The molecular weight excluding hydrogens is 460 g/mol. The van der Waals surface area contributed by atoms with E-state index in [2.05, 4.69) is 20.4 Å². The van der Waals surface area contributed by atoms with Gasteiger partial charge in [-0.1, -0.05) is 13.0 Å². The quantitative estimate of drug-likeness (QED) is 0.483. The lowest BCUT2D eigenvalue weighted by Crippen LogP contribution is -2.70. The third-order valence-electron chi connectivity index (χ3n) is 6.44. The van der Waals surface area contributed by atoms with Crippen LogP contribution in [0.4, 0.5) is 16.3 Å². The first kappa shape index (κ1) is 24.8. The molecule has 3 aromatic rings. The number of nitrogens with one attached hydrogen (secondary N) is 1. The van der Waals surface area contributed by atoms with Crippen LogP contribution in [0.5, 0.6) is 0 Å². The fourth-order valence-corrected chi connectivity index (χ4v) is 4.36. The number of nitrogens with two attached hydrogens (primary N) is 1. The van der Waals surface area contributed by atoms with Gasteiger partial charge in [0, 0.05) is 38.4 Å². The highest BCUT2D eigenvalue weighted by atomic mass is 16.2. The van der Waals surface area contributed by atoms with E-state index < -0.39 is 23.9 Å². The predicted molar refractivity (Wildman–Crippen MR) is 134 cm³/mol. The number of hydrogen-bond donors (Lipinski definition) is 2. The maximum atomic E-state index is 13.6. The molecule has 0 aliphatic carbocycles. The first-order chi connectivity index (χ1) is 17.2. The molecule has 3 atom stereocenters. The molecule has 0 unspecified atom stereocenters. The van der Waals surface area contributed by atoms with E-state index in [1.807, 2.05) is 26.0 Å². The van der Waals surface area contributed by atoms with E-state index in [1.54, 1.807) is 55.7 Å². The van der Waals surface area contributed by atoms with E-state index in [0.29, 0.717) is 17.9 Å². The molecular formula is C25H30N8O3. The molecule has 1 aliphatic rings. The highest BCUT2D eigenvalue weighted by Gasteiger charge is 2.55. The van der Waals surface area contributed by atoms with E-state index in [4.69, 9.17) is 5.73 Å². The lowest BCUT2D eigenvalue weighted by Gasteiger charge is -2.45. The number of carbonyl (C=O) groups excluding carboxylic acids is 3. The van der Waals surface area contributed by atoms with Crippen molar-refractivity contribution in [2.24, 2.45) is 13.0 Å². The number of imide groups is 1. The normalized spacial score (nSPS) is 17.9. The molecule has 0 radical (unpaired) electrons. The van der Waals surface area contributed by atoms with Crippen LogP contribution in [0.25, 0.3) is 0 Å². The first-order valence-electron chi connectivity index (χ1n) is 11.7. The fourth-order valence-electron chi connectivity index (χ4n) is 4.36. The Bertz CT molecular complexity index is 1270. The van der Waals surface area contributed by atoms with Crippen LogP contribution in [0.1, 0.15) is 36.2 Å². The maximum absolute atomic E-state index is 13.6. The summed E-state index contributed by atoms with van der Waals surface area (Å²) in [4.78, 5) is 50.9. The zero-order chi connectivity index (χ0) is 26.0. The molecule has 11 nitrogen and oxygen atoms in total. The molecule has 0 spiro atoms. The highest BCUT2D eigenvalue weighted by molar-refractivity contribution is 6.12. The number of likely N-dealkylation sites (N-methyl/N-ethyl adjacent to an activating group) is 1. The van der Waals surface area contributed by atoms with E-state index in [-0.39, 0.29) is 18.4 Å². The van der Waals surface area contributed by atoms with Gasteiger partial charge >= 0.3 is 6.03 Å². The molecule has 11 heteroatoms. The summed E-state index contributed by atoms with van der Waals surface area (Å²) < 4.78 is 1.58. The number of nitrogen functional groups attached to an aromatic ring is 1. The van der Waals surface area contributed by atoms with Crippen molar-refractivity contribution in [2.75, 3.05) is 17.7 Å². The first-order valence-corrected chi connectivity index (χ1v) is 11.7. The average Bonchev–Trinajstić information content (AvgIpc) is 3.30. The van der Waals surface area contributed by atoms with Crippen molar-refractivity contribution >= 4 is 29.4 Å². The smallest absolute Gasteiger partial charge is 0.325 e. The Labute approximate surface area is 209 Å². The SMILES string of the molecule is CC[C@@H](NC(=O)N1C(=O)[C@H](Cc2ccnc(N)c2)[C@H]1C(=O)N(C)c1cnn(C)c1)c1ccc(C)nc1. The molecule has 36 heavy (non-hydrogen) atoms. The van der Waals surface area contributed by atoms with Gasteiger partial charge in [-0.15, -0.1) is 0 Å². The Hall–Kier alpha value is -4.28. The topological polar surface area (TPSA) is 139 Å². The monoisotopic (exact) mass is 490 g/mol. The Morgan fingerprint density at radius 3 is 2.61 bits per heavy atom. The minimum absolute atomic E-state index is 0.256. The van der Waals surface area contributed by atoms with Crippen molar-refractivity contribution in [1.29, 1.82) is 0 Å². The van der Waals surface area contributed by atoms with E-state index >= 15 is 0 Å². The molecule has 0 saturated carbocycles. The summed E-state index contributed by atoms with van der Waals surface area (Å²) >= 11 is 0. The largest absolute Gasteiger partial charge is 0.384 e. The van der Waals surface area contributed by atoms with Gasteiger partial charge in [-0.25, -0.2) is 9.78 Å². The van der Waals surface area contributed by atoms with Gasteiger partial charge in [-0.2, -0.15) is 5.10 Å². The third-order valence-corrected chi connectivity index (χ3v) is 6.44. The molecule has 0 bridgehead atoms. The van der Waals surface area contributed by atoms with Crippen LogP contribution in [0.3, 0.4) is 0 Å².